The van der Waals surface area contributed by atoms with Gasteiger partial charge in [0, 0.05) is 5.92 Å². The minimum absolute atomic E-state index is 0.0413. The maximum Gasteiger partial charge on any atom is 0.312 e. The summed E-state index contributed by atoms with van der Waals surface area (Å²) < 4.78 is 5.93. The van der Waals surface area contributed by atoms with Gasteiger partial charge < -0.3 is 4.74 Å². The summed E-state index contributed by atoms with van der Waals surface area (Å²) in [6.07, 6.45) is 7.12. The van der Waals surface area contributed by atoms with E-state index in [0.29, 0.717) is 11.8 Å². The van der Waals surface area contributed by atoms with Crippen LogP contribution in [0.25, 0.3) is 0 Å². The van der Waals surface area contributed by atoms with Gasteiger partial charge in [-0.1, -0.05) is 39.5 Å². The molecular weight excluding hydrogens is 236 g/mol. The van der Waals surface area contributed by atoms with Gasteiger partial charge in [-0.2, -0.15) is 0 Å². The Labute approximate surface area is 119 Å². The number of hydrogen-bond acceptors (Lipinski definition) is 2. The molecule has 0 N–H and O–H groups in total. The second-order valence-corrected chi connectivity index (χ2v) is 7.29. The molecule has 2 nitrogen and oxygen atoms in total. The first kappa shape index (κ1) is 16.5. The van der Waals surface area contributed by atoms with Crippen LogP contribution in [-0.4, -0.2) is 11.6 Å². The van der Waals surface area contributed by atoms with Gasteiger partial charge in [0.05, 0.1) is 5.41 Å². The van der Waals surface area contributed by atoms with E-state index in [9.17, 15) is 4.79 Å². The number of esters is 1. The monoisotopic (exact) mass is 268 g/mol. The third-order valence-electron chi connectivity index (χ3n) is 5.12. The van der Waals surface area contributed by atoms with E-state index in [4.69, 9.17) is 4.74 Å². The van der Waals surface area contributed by atoms with Crippen molar-refractivity contribution in [2.45, 2.75) is 85.7 Å². The highest BCUT2D eigenvalue weighted by Gasteiger charge is 2.41. The van der Waals surface area contributed by atoms with Crippen LogP contribution in [0.15, 0.2) is 0 Å². The number of carbonyl (C=O) groups excluding carboxylic acids is 1. The molecule has 1 rings (SSSR count). The third-order valence-corrected chi connectivity index (χ3v) is 5.12. The van der Waals surface area contributed by atoms with Crippen LogP contribution in [0.4, 0.5) is 0 Å². The SMILES string of the molecule is CCC1CCCCC1C(C)(C)OC(=O)C(C)(C)CC. The fourth-order valence-corrected chi connectivity index (χ4v) is 3.21. The van der Waals surface area contributed by atoms with E-state index in [1.54, 1.807) is 0 Å². The second kappa shape index (κ2) is 6.28. The van der Waals surface area contributed by atoms with Gasteiger partial charge in [-0.15, -0.1) is 0 Å². The van der Waals surface area contributed by atoms with Gasteiger partial charge in [0.25, 0.3) is 0 Å². The Balaban J connectivity index is 2.76. The van der Waals surface area contributed by atoms with E-state index in [1.165, 1.54) is 32.1 Å². The lowest BCUT2D eigenvalue weighted by Crippen LogP contribution is -2.44. The summed E-state index contributed by atoms with van der Waals surface area (Å²) in [6.45, 7) is 12.5. The summed E-state index contributed by atoms with van der Waals surface area (Å²) in [7, 11) is 0. The van der Waals surface area contributed by atoms with Gasteiger partial charge in [0.1, 0.15) is 5.60 Å². The summed E-state index contributed by atoms with van der Waals surface area (Å²) in [6, 6.07) is 0. The maximum absolute atomic E-state index is 12.3. The number of hydrogen-bond donors (Lipinski definition) is 0. The minimum Gasteiger partial charge on any atom is -0.459 e. The number of ether oxygens (including phenoxy) is 1. The molecule has 0 saturated heterocycles. The molecule has 0 aromatic heterocycles. The molecular formula is C17H32O2. The highest BCUT2D eigenvalue weighted by molar-refractivity contribution is 5.76. The van der Waals surface area contributed by atoms with Crippen LogP contribution in [-0.2, 0) is 9.53 Å². The van der Waals surface area contributed by atoms with Crippen molar-refractivity contribution in [2.24, 2.45) is 17.3 Å². The maximum atomic E-state index is 12.3. The van der Waals surface area contributed by atoms with Gasteiger partial charge in [-0.3, -0.25) is 4.79 Å². The van der Waals surface area contributed by atoms with Crippen molar-refractivity contribution in [3.05, 3.63) is 0 Å². The standard InChI is InChI=1S/C17H32O2/c1-7-13-11-9-10-12-14(13)17(5,6)19-15(18)16(3,4)8-2/h13-14H,7-12H2,1-6H3. The van der Waals surface area contributed by atoms with Crippen LogP contribution < -0.4 is 0 Å². The lowest BCUT2D eigenvalue weighted by molar-refractivity contribution is -0.176. The first-order chi connectivity index (χ1) is 8.74. The lowest BCUT2D eigenvalue weighted by Gasteiger charge is -2.42. The summed E-state index contributed by atoms with van der Waals surface area (Å²) in [5.41, 5.74) is -0.696. The Morgan fingerprint density at radius 2 is 1.68 bits per heavy atom. The molecule has 0 aliphatic heterocycles. The Morgan fingerprint density at radius 3 is 2.21 bits per heavy atom. The summed E-state index contributed by atoms with van der Waals surface area (Å²) in [5.74, 6) is 1.18. The molecule has 2 unspecified atom stereocenters. The molecule has 0 radical (unpaired) electrons. The van der Waals surface area contributed by atoms with Crippen LogP contribution in [0.3, 0.4) is 0 Å². The predicted molar refractivity (Wildman–Crippen MR) is 80.0 cm³/mol. The first-order valence-electron chi connectivity index (χ1n) is 7.98. The van der Waals surface area contributed by atoms with Crippen molar-refractivity contribution >= 4 is 5.97 Å². The third kappa shape index (κ3) is 3.97. The summed E-state index contributed by atoms with van der Waals surface area (Å²) in [4.78, 5) is 12.3. The zero-order chi connectivity index (χ0) is 14.7. The number of carbonyl (C=O) groups is 1. The topological polar surface area (TPSA) is 26.3 Å². The predicted octanol–water partition coefficient (Wildman–Crippen LogP) is 4.96. The molecule has 19 heavy (non-hydrogen) atoms. The van der Waals surface area contributed by atoms with Crippen LogP contribution in [0.1, 0.15) is 80.1 Å². The molecule has 0 amide bonds. The smallest absolute Gasteiger partial charge is 0.312 e. The van der Waals surface area contributed by atoms with E-state index < -0.39 is 0 Å². The van der Waals surface area contributed by atoms with Gasteiger partial charge in [0.15, 0.2) is 0 Å². The fourth-order valence-electron chi connectivity index (χ4n) is 3.21. The molecule has 0 aromatic carbocycles. The summed E-state index contributed by atoms with van der Waals surface area (Å²) in [5, 5.41) is 0. The van der Waals surface area contributed by atoms with Crippen LogP contribution in [0, 0.1) is 17.3 Å². The minimum atomic E-state index is -0.367. The largest absolute Gasteiger partial charge is 0.459 e. The molecule has 1 saturated carbocycles. The highest BCUT2D eigenvalue weighted by atomic mass is 16.6. The molecule has 112 valence electrons. The molecule has 1 aliphatic carbocycles. The lowest BCUT2D eigenvalue weighted by atomic mass is 9.70. The van der Waals surface area contributed by atoms with Crippen molar-refractivity contribution < 1.29 is 9.53 Å². The van der Waals surface area contributed by atoms with Gasteiger partial charge in [-0.25, -0.2) is 0 Å². The van der Waals surface area contributed by atoms with Crippen molar-refractivity contribution in [3.8, 4) is 0 Å². The zero-order valence-corrected chi connectivity index (χ0v) is 13.7. The van der Waals surface area contributed by atoms with Crippen molar-refractivity contribution in [1.29, 1.82) is 0 Å². The molecule has 1 fully saturated rings. The van der Waals surface area contributed by atoms with Crippen LogP contribution in [0.5, 0.6) is 0 Å². The quantitative estimate of drug-likeness (QED) is 0.659. The molecule has 0 bridgehead atoms. The van der Waals surface area contributed by atoms with Crippen LogP contribution in [0.2, 0.25) is 0 Å². The van der Waals surface area contributed by atoms with E-state index in [-0.39, 0.29) is 17.0 Å². The van der Waals surface area contributed by atoms with Crippen molar-refractivity contribution in [2.75, 3.05) is 0 Å². The fraction of sp³-hybridized carbons (Fsp3) is 0.941. The molecule has 0 aromatic rings. The van der Waals surface area contributed by atoms with E-state index in [2.05, 4.69) is 20.8 Å². The van der Waals surface area contributed by atoms with Gasteiger partial charge in [-0.05, 0) is 46.5 Å². The first-order valence-corrected chi connectivity index (χ1v) is 7.98. The molecule has 2 atom stereocenters. The molecule has 2 heteroatoms. The Hall–Kier alpha value is -0.530. The van der Waals surface area contributed by atoms with Crippen LogP contribution >= 0.6 is 0 Å². The zero-order valence-electron chi connectivity index (χ0n) is 13.7. The van der Waals surface area contributed by atoms with Crippen molar-refractivity contribution in [1.82, 2.24) is 0 Å². The average Bonchev–Trinajstić information content (AvgIpc) is 2.38. The molecule has 0 heterocycles. The molecule has 1 aliphatic rings. The average molecular weight is 268 g/mol. The summed E-state index contributed by atoms with van der Waals surface area (Å²) >= 11 is 0. The normalized spacial score (nSPS) is 25.2. The molecule has 0 spiro atoms. The van der Waals surface area contributed by atoms with E-state index in [1.807, 2.05) is 20.8 Å². The Kier molecular flexibility index (Phi) is 5.46. The highest BCUT2D eigenvalue weighted by Crippen LogP contribution is 2.41. The van der Waals surface area contributed by atoms with Gasteiger partial charge in [0.2, 0.25) is 0 Å². The second-order valence-electron chi connectivity index (χ2n) is 7.29. The van der Waals surface area contributed by atoms with E-state index in [0.717, 1.165) is 6.42 Å². The van der Waals surface area contributed by atoms with Crippen molar-refractivity contribution in [3.63, 3.8) is 0 Å². The number of rotatable bonds is 5. The Bertz CT molecular complexity index is 304. The van der Waals surface area contributed by atoms with E-state index >= 15 is 0 Å². The van der Waals surface area contributed by atoms with Gasteiger partial charge >= 0.3 is 5.97 Å². The Morgan fingerprint density at radius 1 is 1.11 bits per heavy atom.